The number of aromatic amines is 1. The fraction of sp³-hybridized carbons (Fsp3) is 0.400. The molecule has 17 heavy (non-hydrogen) atoms. The quantitative estimate of drug-likeness (QED) is 0.514. The molecule has 0 saturated heterocycles. The standard InChI is InChI=1S/C10H12N2O4.Na/c1-6-4-12(10(15)11-9(6)14)8-3-2-7(5-13)16-8;/h2-4,7-8,13H,5H2,1H3,(H,11,14,15);/t7-,8+;/m0./s1. The summed E-state index contributed by atoms with van der Waals surface area (Å²) in [5, 5.41) is 8.88. The zero-order chi connectivity index (χ0) is 11.7. The fourth-order valence-corrected chi connectivity index (χ4v) is 1.53. The van der Waals surface area contributed by atoms with E-state index in [1.165, 1.54) is 10.8 Å². The van der Waals surface area contributed by atoms with Crippen molar-refractivity contribution in [3.63, 3.8) is 0 Å². The second-order valence-corrected chi connectivity index (χ2v) is 3.61. The van der Waals surface area contributed by atoms with Crippen LogP contribution in [0.1, 0.15) is 11.8 Å². The van der Waals surface area contributed by atoms with Gasteiger partial charge in [0.2, 0.25) is 0 Å². The van der Waals surface area contributed by atoms with Gasteiger partial charge in [-0.25, -0.2) is 4.79 Å². The molecule has 2 N–H and O–H groups in total. The molecule has 1 radical (unpaired) electrons. The van der Waals surface area contributed by atoms with E-state index in [9.17, 15) is 9.59 Å². The number of nitrogens with zero attached hydrogens (tertiary/aromatic N) is 1. The summed E-state index contributed by atoms with van der Waals surface area (Å²) in [5.41, 5.74) is -0.491. The molecule has 7 heteroatoms. The van der Waals surface area contributed by atoms with Crippen LogP contribution in [0.25, 0.3) is 0 Å². The van der Waals surface area contributed by atoms with Crippen LogP contribution in [0, 0.1) is 6.92 Å². The average Bonchev–Trinajstić information content (AvgIpc) is 2.71. The second-order valence-electron chi connectivity index (χ2n) is 3.61. The van der Waals surface area contributed by atoms with Gasteiger partial charge in [0.15, 0.2) is 6.23 Å². The number of aryl methyl sites for hydroxylation is 1. The van der Waals surface area contributed by atoms with Crippen molar-refractivity contribution in [1.29, 1.82) is 0 Å². The second kappa shape index (κ2) is 5.79. The van der Waals surface area contributed by atoms with Crippen LogP contribution in [-0.2, 0) is 4.74 Å². The number of hydrogen-bond acceptors (Lipinski definition) is 4. The summed E-state index contributed by atoms with van der Waals surface area (Å²) >= 11 is 0. The first-order valence-corrected chi connectivity index (χ1v) is 4.88. The minimum absolute atomic E-state index is 0. The predicted molar refractivity (Wildman–Crippen MR) is 61.9 cm³/mol. The molecule has 1 aromatic heterocycles. The van der Waals surface area contributed by atoms with Gasteiger partial charge in [0.1, 0.15) is 6.10 Å². The minimum Gasteiger partial charge on any atom is -0.393 e. The maximum Gasteiger partial charge on any atom is 0.330 e. The van der Waals surface area contributed by atoms with Gasteiger partial charge in [0.25, 0.3) is 5.56 Å². The summed E-state index contributed by atoms with van der Waals surface area (Å²) in [7, 11) is 0. The van der Waals surface area contributed by atoms with E-state index in [0.717, 1.165) is 0 Å². The van der Waals surface area contributed by atoms with Crippen LogP contribution in [0.15, 0.2) is 27.9 Å². The Balaban J connectivity index is 0.00000144. The molecular formula is C10H12N2NaO4. The molecule has 2 heterocycles. The molecule has 0 saturated carbocycles. The molecule has 0 spiro atoms. The molecular weight excluding hydrogens is 235 g/mol. The molecule has 0 unspecified atom stereocenters. The Hall–Kier alpha value is -0.660. The SMILES string of the molecule is Cc1cn([C@H]2C=C[C@@H](CO)O2)c(=O)[nH]c1=O.[Na]. The Morgan fingerprint density at radius 3 is 2.76 bits per heavy atom. The molecule has 0 aromatic carbocycles. The molecule has 1 aromatic rings. The number of rotatable bonds is 2. The van der Waals surface area contributed by atoms with E-state index in [4.69, 9.17) is 9.84 Å². The molecule has 2 rings (SSSR count). The molecule has 2 atom stereocenters. The summed E-state index contributed by atoms with van der Waals surface area (Å²) in [6, 6.07) is 0. The normalized spacial score (nSPS) is 22.5. The van der Waals surface area contributed by atoms with Crippen molar-refractivity contribution in [2.75, 3.05) is 6.61 Å². The van der Waals surface area contributed by atoms with Crippen molar-refractivity contribution in [3.8, 4) is 0 Å². The number of hydrogen-bond donors (Lipinski definition) is 2. The van der Waals surface area contributed by atoms with Crippen LogP contribution in [0.4, 0.5) is 0 Å². The third kappa shape index (κ3) is 2.97. The number of aliphatic hydroxyl groups is 1. The van der Waals surface area contributed by atoms with Crippen molar-refractivity contribution in [3.05, 3.63) is 44.8 Å². The molecule has 87 valence electrons. The molecule has 0 fully saturated rings. The van der Waals surface area contributed by atoms with Crippen LogP contribution in [0.3, 0.4) is 0 Å². The van der Waals surface area contributed by atoms with Gasteiger partial charge in [0, 0.05) is 41.3 Å². The van der Waals surface area contributed by atoms with E-state index in [1.807, 2.05) is 0 Å². The first-order chi connectivity index (χ1) is 7.61. The Morgan fingerprint density at radius 2 is 2.18 bits per heavy atom. The van der Waals surface area contributed by atoms with Gasteiger partial charge < -0.3 is 9.84 Å². The maximum absolute atomic E-state index is 11.5. The summed E-state index contributed by atoms with van der Waals surface area (Å²) < 4.78 is 6.63. The number of aliphatic hydroxyl groups excluding tert-OH is 1. The summed E-state index contributed by atoms with van der Waals surface area (Å²) in [6.07, 6.45) is 3.82. The van der Waals surface area contributed by atoms with E-state index in [-0.39, 0.29) is 36.2 Å². The Morgan fingerprint density at radius 1 is 1.47 bits per heavy atom. The fourth-order valence-electron chi connectivity index (χ4n) is 1.53. The largest absolute Gasteiger partial charge is 0.393 e. The number of aromatic nitrogens is 2. The average molecular weight is 247 g/mol. The number of ether oxygens (including phenoxy) is 1. The van der Waals surface area contributed by atoms with Crippen molar-refractivity contribution >= 4 is 29.6 Å². The maximum atomic E-state index is 11.5. The topological polar surface area (TPSA) is 84.3 Å². The van der Waals surface area contributed by atoms with Gasteiger partial charge in [-0.2, -0.15) is 0 Å². The van der Waals surface area contributed by atoms with Crippen molar-refractivity contribution in [1.82, 2.24) is 9.55 Å². The van der Waals surface area contributed by atoms with Gasteiger partial charge in [-0.1, -0.05) is 6.08 Å². The van der Waals surface area contributed by atoms with Crippen LogP contribution in [0.5, 0.6) is 0 Å². The third-order valence-corrected chi connectivity index (χ3v) is 2.40. The Labute approximate surface area is 119 Å². The Bertz CT molecular complexity index is 534. The first kappa shape index (κ1) is 14.4. The molecule has 0 bridgehead atoms. The zero-order valence-corrected chi connectivity index (χ0v) is 11.7. The molecule has 0 aliphatic carbocycles. The van der Waals surface area contributed by atoms with E-state index in [1.54, 1.807) is 19.1 Å². The Kier molecular flexibility index (Phi) is 4.91. The van der Waals surface area contributed by atoms with Crippen molar-refractivity contribution in [2.24, 2.45) is 0 Å². The van der Waals surface area contributed by atoms with E-state index >= 15 is 0 Å². The van der Waals surface area contributed by atoms with Crippen molar-refractivity contribution < 1.29 is 9.84 Å². The van der Waals surface area contributed by atoms with Crippen LogP contribution in [0.2, 0.25) is 0 Å². The smallest absolute Gasteiger partial charge is 0.330 e. The number of nitrogens with one attached hydrogen (secondary N) is 1. The summed E-state index contributed by atoms with van der Waals surface area (Å²) in [5.74, 6) is 0. The van der Waals surface area contributed by atoms with Crippen LogP contribution in [-0.4, -0.2) is 56.9 Å². The molecule has 1 aliphatic rings. The van der Waals surface area contributed by atoms with E-state index < -0.39 is 23.6 Å². The van der Waals surface area contributed by atoms with E-state index in [0.29, 0.717) is 5.56 Å². The van der Waals surface area contributed by atoms with Crippen LogP contribution >= 0.6 is 0 Å². The zero-order valence-electron chi connectivity index (χ0n) is 9.71. The molecule has 0 amide bonds. The van der Waals surface area contributed by atoms with E-state index in [2.05, 4.69) is 4.98 Å². The van der Waals surface area contributed by atoms with Gasteiger partial charge in [-0.15, -0.1) is 0 Å². The summed E-state index contributed by atoms with van der Waals surface area (Å²) in [4.78, 5) is 24.9. The van der Waals surface area contributed by atoms with Gasteiger partial charge in [-0.05, 0) is 13.0 Å². The van der Waals surface area contributed by atoms with Crippen molar-refractivity contribution in [2.45, 2.75) is 19.3 Å². The summed E-state index contributed by atoms with van der Waals surface area (Å²) in [6.45, 7) is 1.47. The first-order valence-electron chi connectivity index (χ1n) is 4.88. The molecule has 1 aliphatic heterocycles. The van der Waals surface area contributed by atoms with Crippen LogP contribution < -0.4 is 11.2 Å². The third-order valence-electron chi connectivity index (χ3n) is 2.40. The number of H-pyrrole nitrogens is 1. The van der Waals surface area contributed by atoms with Gasteiger partial charge in [-0.3, -0.25) is 14.3 Å². The van der Waals surface area contributed by atoms with Gasteiger partial charge in [0.05, 0.1) is 6.61 Å². The predicted octanol–water partition coefficient (Wildman–Crippen LogP) is -1.09. The minimum atomic E-state index is -0.569. The van der Waals surface area contributed by atoms with Gasteiger partial charge >= 0.3 is 5.69 Å². The monoisotopic (exact) mass is 247 g/mol. The molecule has 6 nitrogen and oxygen atoms in total.